The lowest BCUT2D eigenvalue weighted by Crippen LogP contribution is -2.39. The fourth-order valence-corrected chi connectivity index (χ4v) is 2.87. The molecule has 3 N–H and O–H groups in total. The van der Waals surface area contributed by atoms with Gasteiger partial charge in [0, 0.05) is 24.1 Å². The van der Waals surface area contributed by atoms with Crippen molar-refractivity contribution in [2.24, 2.45) is 0 Å². The molecular formula is C19H18O8. The maximum absolute atomic E-state index is 12.9. The van der Waals surface area contributed by atoms with Gasteiger partial charge in [0.15, 0.2) is 17.6 Å². The zero-order valence-corrected chi connectivity index (χ0v) is 14.6. The first-order valence-corrected chi connectivity index (χ1v) is 8.19. The van der Waals surface area contributed by atoms with Crippen LogP contribution in [0.25, 0.3) is 0 Å². The molecule has 2 aromatic rings. The van der Waals surface area contributed by atoms with Crippen molar-refractivity contribution in [3.8, 4) is 28.7 Å². The van der Waals surface area contributed by atoms with E-state index < -0.39 is 29.7 Å². The van der Waals surface area contributed by atoms with Crippen molar-refractivity contribution in [3.63, 3.8) is 0 Å². The summed E-state index contributed by atoms with van der Waals surface area (Å²) in [7, 11) is 1.39. The largest absolute Gasteiger partial charge is 0.508 e. The predicted octanol–water partition coefficient (Wildman–Crippen LogP) is 2.45. The summed E-state index contributed by atoms with van der Waals surface area (Å²) in [6.07, 6.45) is -2.41. The molecule has 2 unspecified atom stereocenters. The minimum Gasteiger partial charge on any atom is -0.508 e. The van der Waals surface area contributed by atoms with E-state index in [1.54, 1.807) is 13.0 Å². The van der Waals surface area contributed by atoms with Crippen molar-refractivity contribution < 1.29 is 39.1 Å². The van der Waals surface area contributed by atoms with Crippen LogP contribution in [-0.2, 0) is 9.53 Å². The van der Waals surface area contributed by atoms with E-state index >= 15 is 0 Å². The van der Waals surface area contributed by atoms with Gasteiger partial charge in [0.05, 0.1) is 7.11 Å². The average Bonchev–Trinajstić information content (AvgIpc) is 2.62. The molecule has 8 nitrogen and oxygen atoms in total. The van der Waals surface area contributed by atoms with Crippen molar-refractivity contribution >= 4 is 11.8 Å². The first-order chi connectivity index (χ1) is 12.8. The second-order valence-corrected chi connectivity index (χ2v) is 5.94. The van der Waals surface area contributed by atoms with Crippen LogP contribution in [0, 0.1) is 0 Å². The monoisotopic (exact) mass is 374 g/mol. The molecule has 1 heterocycles. The van der Waals surface area contributed by atoms with Crippen LogP contribution >= 0.6 is 0 Å². The van der Waals surface area contributed by atoms with Crippen LogP contribution in [0.4, 0.5) is 0 Å². The van der Waals surface area contributed by atoms with Gasteiger partial charge in [-0.05, 0) is 12.1 Å². The number of phenols is 3. The number of phenolic OH excluding ortho intramolecular Hbond substituents is 3. The number of aromatic hydroxyl groups is 3. The van der Waals surface area contributed by atoms with E-state index in [1.807, 2.05) is 0 Å². The van der Waals surface area contributed by atoms with Crippen LogP contribution in [0.3, 0.4) is 0 Å². The number of rotatable bonds is 4. The standard InChI is InChI=1S/C19H18O8/c1-3-15(23)27-19-17(24)16-12(22)7-10(20)8-14(16)26-18(19)9-4-5-13(25-2)11(21)6-9/h4-8,18-22H,3H2,1-2H3. The van der Waals surface area contributed by atoms with Gasteiger partial charge in [-0.15, -0.1) is 0 Å². The van der Waals surface area contributed by atoms with Crippen LogP contribution in [0.15, 0.2) is 30.3 Å². The summed E-state index contributed by atoms with van der Waals surface area (Å²) >= 11 is 0. The third-order valence-corrected chi connectivity index (χ3v) is 4.18. The number of Topliss-reactive ketones (excluding diaryl/α,β-unsaturated/α-hetero) is 1. The topological polar surface area (TPSA) is 123 Å². The van der Waals surface area contributed by atoms with Crippen molar-refractivity contribution in [2.75, 3.05) is 7.11 Å². The van der Waals surface area contributed by atoms with Gasteiger partial charge < -0.3 is 29.5 Å². The van der Waals surface area contributed by atoms with Crippen molar-refractivity contribution in [2.45, 2.75) is 25.6 Å². The minimum absolute atomic E-state index is 0.0405. The van der Waals surface area contributed by atoms with E-state index in [-0.39, 0.29) is 35.0 Å². The van der Waals surface area contributed by atoms with Gasteiger partial charge in [-0.2, -0.15) is 0 Å². The molecule has 0 fully saturated rings. The quantitative estimate of drug-likeness (QED) is 0.698. The van der Waals surface area contributed by atoms with Gasteiger partial charge in [0.1, 0.15) is 22.8 Å². The third kappa shape index (κ3) is 3.33. The molecule has 0 spiro atoms. The SMILES string of the molecule is CCC(=O)OC1C(=O)c2c(O)cc(O)cc2OC1c1ccc(OC)c(O)c1. The molecule has 27 heavy (non-hydrogen) atoms. The molecule has 8 heteroatoms. The Balaban J connectivity index is 2.10. The first kappa shape index (κ1) is 18.4. The Morgan fingerprint density at radius 1 is 1.15 bits per heavy atom. The summed E-state index contributed by atoms with van der Waals surface area (Å²) in [5.41, 5.74) is 0.166. The Kier molecular flexibility index (Phi) is 4.81. The maximum Gasteiger partial charge on any atom is 0.306 e. The Morgan fingerprint density at radius 3 is 2.52 bits per heavy atom. The number of hydrogen-bond donors (Lipinski definition) is 3. The Hall–Kier alpha value is -3.42. The Morgan fingerprint density at radius 2 is 1.89 bits per heavy atom. The average molecular weight is 374 g/mol. The maximum atomic E-state index is 12.9. The molecule has 1 aliphatic rings. The normalized spacial score (nSPS) is 18.4. The number of esters is 1. The molecule has 0 saturated heterocycles. The third-order valence-electron chi connectivity index (χ3n) is 4.18. The van der Waals surface area contributed by atoms with E-state index in [1.165, 1.54) is 25.3 Å². The highest BCUT2D eigenvalue weighted by molar-refractivity contribution is 6.06. The number of hydrogen-bond acceptors (Lipinski definition) is 8. The fraction of sp³-hybridized carbons (Fsp3) is 0.263. The van der Waals surface area contributed by atoms with Gasteiger partial charge in [-0.1, -0.05) is 13.0 Å². The van der Waals surface area contributed by atoms with Crippen LogP contribution in [0.2, 0.25) is 0 Å². The predicted molar refractivity (Wildman–Crippen MR) is 92.3 cm³/mol. The van der Waals surface area contributed by atoms with Gasteiger partial charge in [-0.3, -0.25) is 9.59 Å². The van der Waals surface area contributed by atoms with Crippen LogP contribution in [0.5, 0.6) is 28.7 Å². The molecular weight excluding hydrogens is 356 g/mol. The summed E-state index contributed by atoms with van der Waals surface area (Å²) < 4.78 is 16.0. The van der Waals surface area contributed by atoms with Gasteiger partial charge in [0.2, 0.25) is 11.9 Å². The molecule has 0 saturated carbocycles. The number of ether oxygens (including phenoxy) is 3. The number of carbonyl (C=O) groups excluding carboxylic acids is 2. The molecule has 0 bridgehead atoms. The highest BCUT2D eigenvalue weighted by Crippen LogP contribution is 2.43. The van der Waals surface area contributed by atoms with E-state index in [2.05, 4.69) is 0 Å². The summed E-state index contributed by atoms with van der Waals surface area (Å²) in [5.74, 6) is -2.09. The van der Waals surface area contributed by atoms with E-state index in [0.29, 0.717) is 5.56 Å². The second kappa shape index (κ2) is 7.06. The Bertz CT molecular complexity index is 905. The van der Waals surface area contributed by atoms with E-state index in [9.17, 15) is 24.9 Å². The highest BCUT2D eigenvalue weighted by atomic mass is 16.6. The molecule has 0 aliphatic carbocycles. The number of carbonyl (C=O) groups is 2. The number of benzene rings is 2. The summed E-state index contributed by atoms with van der Waals surface area (Å²) in [4.78, 5) is 24.7. The smallest absolute Gasteiger partial charge is 0.306 e. The minimum atomic E-state index is -1.37. The van der Waals surface area contributed by atoms with E-state index in [4.69, 9.17) is 14.2 Å². The lowest BCUT2D eigenvalue weighted by molar-refractivity contribution is -0.151. The first-order valence-electron chi connectivity index (χ1n) is 8.19. The zero-order chi connectivity index (χ0) is 19.7. The summed E-state index contributed by atoms with van der Waals surface area (Å²) in [5, 5.41) is 29.7. The fourth-order valence-electron chi connectivity index (χ4n) is 2.87. The molecule has 2 aromatic carbocycles. The summed E-state index contributed by atoms with van der Waals surface area (Å²) in [6.45, 7) is 1.58. The number of fused-ring (bicyclic) bond motifs is 1. The molecule has 3 rings (SSSR count). The zero-order valence-electron chi connectivity index (χ0n) is 14.6. The van der Waals surface area contributed by atoms with E-state index in [0.717, 1.165) is 6.07 Å². The molecule has 0 radical (unpaired) electrons. The summed E-state index contributed by atoms with van der Waals surface area (Å²) in [6, 6.07) is 6.54. The molecule has 0 aromatic heterocycles. The van der Waals surface area contributed by atoms with Crippen molar-refractivity contribution in [1.29, 1.82) is 0 Å². The van der Waals surface area contributed by atoms with Crippen molar-refractivity contribution in [1.82, 2.24) is 0 Å². The number of methoxy groups -OCH3 is 1. The van der Waals surface area contributed by atoms with Crippen LogP contribution in [0.1, 0.15) is 35.4 Å². The van der Waals surface area contributed by atoms with Gasteiger partial charge >= 0.3 is 5.97 Å². The van der Waals surface area contributed by atoms with Gasteiger partial charge in [-0.25, -0.2) is 0 Å². The highest BCUT2D eigenvalue weighted by Gasteiger charge is 2.43. The van der Waals surface area contributed by atoms with Crippen LogP contribution in [-0.4, -0.2) is 40.3 Å². The van der Waals surface area contributed by atoms with Crippen LogP contribution < -0.4 is 9.47 Å². The van der Waals surface area contributed by atoms with Crippen molar-refractivity contribution in [3.05, 3.63) is 41.5 Å². The molecule has 2 atom stereocenters. The van der Waals surface area contributed by atoms with Gasteiger partial charge in [0.25, 0.3) is 0 Å². The number of ketones is 1. The lowest BCUT2D eigenvalue weighted by Gasteiger charge is -2.32. The Labute approximate surface area is 154 Å². The second-order valence-electron chi connectivity index (χ2n) is 5.94. The molecule has 0 amide bonds. The molecule has 142 valence electrons. The lowest BCUT2D eigenvalue weighted by atomic mass is 9.92. The molecule has 1 aliphatic heterocycles.